The van der Waals surface area contributed by atoms with Gasteiger partial charge in [-0.05, 0) is 80.8 Å². The minimum Gasteiger partial charge on any atom is -0.389 e. The van der Waals surface area contributed by atoms with Gasteiger partial charge in [0.1, 0.15) is 5.82 Å². The van der Waals surface area contributed by atoms with Gasteiger partial charge >= 0.3 is 0 Å². The quantitative estimate of drug-likeness (QED) is 0.652. The zero-order chi connectivity index (χ0) is 20.1. The number of hydrogen-bond acceptors (Lipinski definition) is 3. The summed E-state index contributed by atoms with van der Waals surface area (Å²) in [6, 6.07) is 17.2. The van der Waals surface area contributed by atoms with Crippen LogP contribution in [-0.4, -0.2) is 45.2 Å². The molecule has 1 aliphatic heterocycles. The third-order valence-corrected chi connectivity index (χ3v) is 8.11. The van der Waals surface area contributed by atoms with E-state index in [1.54, 1.807) is 0 Å². The molecule has 156 valence electrons. The van der Waals surface area contributed by atoms with E-state index in [9.17, 15) is 5.11 Å². The van der Waals surface area contributed by atoms with Gasteiger partial charge in [-0.25, -0.2) is 4.98 Å². The summed E-state index contributed by atoms with van der Waals surface area (Å²) in [4.78, 5) is 10.9. The highest BCUT2D eigenvalue weighted by atomic mass is 16.3. The first-order valence-electron chi connectivity index (χ1n) is 11.7. The van der Waals surface area contributed by atoms with E-state index >= 15 is 0 Å². The second-order valence-corrected chi connectivity index (χ2v) is 9.77. The predicted molar refractivity (Wildman–Crippen MR) is 120 cm³/mol. The summed E-state index contributed by atoms with van der Waals surface area (Å²) in [5.74, 6) is 2.55. The van der Waals surface area contributed by atoms with E-state index in [1.165, 1.54) is 17.5 Å². The van der Waals surface area contributed by atoms with Gasteiger partial charge in [-0.1, -0.05) is 36.4 Å². The first-order valence-corrected chi connectivity index (χ1v) is 11.7. The number of aromatic amines is 1. The van der Waals surface area contributed by atoms with Gasteiger partial charge in [0.15, 0.2) is 0 Å². The molecule has 2 heterocycles. The number of aliphatic hydroxyl groups is 1. The predicted octanol–water partition coefficient (Wildman–Crippen LogP) is 4.93. The van der Waals surface area contributed by atoms with Crippen LogP contribution in [0.3, 0.4) is 0 Å². The molecule has 0 amide bonds. The summed E-state index contributed by atoms with van der Waals surface area (Å²) >= 11 is 0. The Bertz CT molecular complexity index is 1020. The largest absolute Gasteiger partial charge is 0.389 e. The summed E-state index contributed by atoms with van der Waals surface area (Å²) < 4.78 is 0. The first kappa shape index (κ1) is 18.6. The maximum Gasteiger partial charge on any atom is 0.110 e. The lowest BCUT2D eigenvalue weighted by Gasteiger charge is -2.50. The van der Waals surface area contributed by atoms with E-state index < -0.39 is 5.60 Å². The molecule has 1 saturated heterocycles. The highest BCUT2D eigenvalue weighted by Crippen LogP contribution is 2.55. The standard InChI is InChI=1S/C26H31N3O/c30-26(17-19-9-10-22(26)21-6-2-1-5-20(19)21)13-16-29-14-11-18(12-15-29)25-27-23-7-3-4-8-24(23)28-25/h1-8,18-19,22,30H,9-17H2,(H,27,28)/t19-,22-,26+/m1/s1. The third-order valence-electron chi connectivity index (χ3n) is 8.11. The lowest BCUT2D eigenvalue weighted by atomic mass is 9.58. The van der Waals surface area contributed by atoms with E-state index in [0.717, 1.165) is 68.6 Å². The van der Waals surface area contributed by atoms with Crippen molar-refractivity contribution in [3.05, 3.63) is 65.5 Å². The minimum atomic E-state index is -0.521. The second-order valence-electron chi connectivity index (χ2n) is 9.77. The molecule has 0 spiro atoms. The Kier molecular flexibility index (Phi) is 4.47. The Balaban J connectivity index is 1.09. The Morgan fingerprint density at radius 3 is 2.53 bits per heavy atom. The van der Waals surface area contributed by atoms with Crippen LogP contribution >= 0.6 is 0 Å². The number of imidazole rings is 1. The van der Waals surface area contributed by atoms with Crippen LogP contribution in [0.2, 0.25) is 0 Å². The van der Waals surface area contributed by atoms with Crippen molar-refractivity contribution in [3.8, 4) is 0 Å². The molecule has 7 rings (SSSR count). The van der Waals surface area contributed by atoms with Crippen LogP contribution in [0.25, 0.3) is 11.0 Å². The average Bonchev–Trinajstić information content (AvgIpc) is 3.23. The van der Waals surface area contributed by atoms with Crippen LogP contribution in [0.1, 0.15) is 73.2 Å². The topological polar surface area (TPSA) is 52.1 Å². The number of H-pyrrole nitrogens is 1. The summed E-state index contributed by atoms with van der Waals surface area (Å²) in [6.07, 6.45) is 6.53. The average molecular weight is 402 g/mol. The zero-order valence-corrected chi connectivity index (χ0v) is 17.6. The number of para-hydroxylation sites is 2. The number of fused-ring (bicyclic) bond motifs is 3. The van der Waals surface area contributed by atoms with Gasteiger partial charge in [-0.15, -0.1) is 0 Å². The Hall–Kier alpha value is -2.17. The van der Waals surface area contributed by atoms with Crippen molar-refractivity contribution >= 4 is 11.0 Å². The minimum absolute atomic E-state index is 0.326. The molecule has 4 nitrogen and oxygen atoms in total. The molecule has 2 fully saturated rings. The Morgan fingerprint density at radius 2 is 1.70 bits per heavy atom. The second kappa shape index (κ2) is 7.21. The van der Waals surface area contributed by atoms with Crippen molar-refractivity contribution in [1.29, 1.82) is 0 Å². The number of nitrogens with zero attached hydrogens (tertiary/aromatic N) is 2. The molecule has 4 aliphatic rings. The smallest absolute Gasteiger partial charge is 0.110 e. The number of benzene rings is 2. The molecule has 2 aromatic carbocycles. The molecule has 4 heteroatoms. The molecule has 3 aromatic rings. The van der Waals surface area contributed by atoms with Crippen LogP contribution in [-0.2, 0) is 0 Å². The zero-order valence-electron chi connectivity index (χ0n) is 17.6. The molecule has 3 aliphatic carbocycles. The van der Waals surface area contributed by atoms with Gasteiger partial charge in [0.05, 0.1) is 16.6 Å². The van der Waals surface area contributed by atoms with Crippen molar-refractivity contribution < 1.29 is 5.11 Å². The van der Waals surface area contributed by atoms with Crippen molar-refractivity contribution in [3.63, 3.8) is 0 Å². The van der Waals surface area contributed by atoms with Crippen LogP contribution in [0, 0.1) is 0 Å². The fourth-order valence-corrected chi connectivity index (χ4v) is 6.44. The van der Waals surface area contributed by atoms with Crippen LogP contribution in [0.5, 0.6) is 0 Å². The van der Waals surface area contributed by atoms with Crippen molar-refractivity contribution in [2.45, 2.75) is 61.9 Å². The number of rotatable bonds is 4. The highest BCUT2D eigenvalue weighted by molar-refractivity contribution is 5.74. The van der Waals surface area contributed by atoms with Crippen LogP contribution in [0.15, 0.2) is 48.5 Å². The number of piperidine rings is 1. The van der Waals surface area contributed by atoms with Crippen LogP contribution < -0.4 is 0 Å². The van der Waals surface area contributed by atoms with Gasteiger partial charge in [-0.3, -0.25) is 0 Å². The summed E-state index contributed by atoms with van der Waals surface area (Å²) in [7, 11) is 0. The van der Waals surface area contributed by atoms with Gasteiger partial charge in [0, 0.05) is 18.4 Å². The van der Waals surface area contributed by atoms with Gasteiger partial charge < -0.3 is 15.0 Å². The first-order chi connectivity index (χ1) is 14.7. The molecule has 3 atom stereocenters. The van der Waals surface area contributed by atoms with E-state index in [0.29, 0.717) is 17.8 Å². The van der Waals surface area contributed by atoms with Gasteiger partial charge in [0.25, 0.3) is 0 Å². The third kappa shape index (κ3) is 3.09. The van der Waals surface area contributed by atoms with E-state index in [-0.39, 0.29) is 0 Å². The summed E-state index contributed by atoms with van der Waals surface area (Å²) in [5.41, 5.74) is 4.62. The monoisotopic (exact) mass is 401 g/mol. The van der Waals surface area contributed by atoms with Crippen molar-refractivity contribution in [2.24, 2.45) is 0 Å². The fourth-order valence-electron chi connectivity index (χ4n) is 6.44. The number of aromatic nitrogens is 2. The number of nitrogens with one attached hydrogen (secondary N) is 1. The molecule has 30 heavy (non-hydrogen) atoms. The molecule has 2 bridgehead atoms. The van der Waals surface area contributed by atoms with Gasteiger partial charge in [-0.2, -0.15) is 0 Å². The van der Waals surface area contributed by atoms with Crippen molar-refractivity contribution in [1.82, 2.24) is 14.9 Å². The Labute approximate surface area is 178 Å². The molecule has 0 radical (unpaired) electrons. The summed E-state index contributed by atoms with van der Waals surface area (Å²) in [5, 5.41) is 11.6. The fraction of sp³-hybridized carbons (Fsp3) is 0.500. The Morgan fingerprint density at radius 1 is 0.933 bits per heavy atom. The van der Waals surface area contributed by atoms with E-state index in [2.05, 4.69) is 58.4 Å². The van der Waals surface area contributed by atoms with E-state index in [1.807, 2.05) is 0 Å². The lowest BCUT2D eigenvalue weighted by molar-refractivity contribution is -0.0474. The SMILES string of the molecule is O[C@@]1(CCN2CCC(c3nc4ccccc4[nH]3)CC2)C[C@H]2CC[C@@H]1c1ccccc12. The molecule has 1 saturated carbocycles. The maximum atomic E-state index is 11.6. The van der Waals surface area contributed by atoms with Crippen molar-refractivity contribution in [2.75, 3.05) is 19.6 Å². The number of hydrogen-bond donors (Lipinski definition) is 2. The molecular weight excluding hydrogens is 370 g/mol. The highest BCUT2D eigenvalue weighted by Gasteiger charge is 2.48. The summed E-state index contributed by atoms with van der Waals surface area (Å²) in [6.45, 7) is 3.21. The molecular formula is C26H31N3O. The lowest BCUT2D eigenvalue weighted by Crippen LogP contribution is -2.48. The maximum absolute atomic E-state index is 11.6. The molecule has 1 aromatic heterocycles. The van der Waals surface area contributed by atoms with Crippen LogP contribution in [0.4, 0.5) is 0 Å². The normalized spacial score (nSPS) is 29.4. The molecule has 0 unspecified atom stereocenters. The van der Waals surface area contributed by atoms with E-state index in [4.69, 9.17) is 4.98 Å². The van der Waals surface area contributed by atoms with Gasteiger partial charge in [0.2, 0.25) is 0 Å². The molecule has 2 N–H and O–H groups in total. The number of likely N-dealkylation sites (tertiary alicyclic amines) is 1.